The summed E-state index contributed by atoms with van der Waals surface area (Å²) >= 11 is 4.47. The van der Waals surface area contributed by atoms with E-state index in [-0.39, 0.29) is 5.78 Å². The van der Waals surface area contributed by atoms with Crippen LogP contribution in [0, 0.1) is 0 Å². The smallest absolute Gasteiger partial charge is 0.166 e. The highest BCUT2D eigenvalue weighted by atomic mass is 32.1. The van der Waals surface area contributed by atoms with Crippen LogP contribution in [0.15, 0.2) is 0 Å². The molecule has 0 aromatic heterocycles. The first kappa shape index (κ1) is 5.76. The monoisotopic (exact) mass is 102 g/mol. The van der Waals surface area contributed by atoms with Gasteiger partial charge in [0.25, 0.3) is 0 Å². The van der Waals surface area contributed by atoms with Crippen molar-refractivity contribution in [2.75, 3.05) is 0 Å². The molecule has 0 heterocycles. The van der Waals surface area contributed by atoms with Crippen molar-refractivity contribution < 1.29 is 4.79 Å². The van der Waals surface area contributed by atoms with E-state index in [4.69, 9.17) is 0 Å². The second kappa shape index (κ2) is 2.03. The molecule has 0 aromatic carbocycles. The zero-order valence-corrected chi connectivity index (χ0v) is 4.63. The van der Waals surface area contributed by atoms with Gasteiger partial charge in [-0.05, 0) is 13.8 Å². The van der Waals surface area contributed by atoms with Gasteiger partial charge in [-0.2, -0.15) is 0 Å². The van der Waals surface area contributed by atoms with Gasteiger partial charge in [0.2, 0.25) is 0 Å². The number of carbonyl (C=O) groups excluding carboxylic acids is 1. The molecule has 0 aliphatic rings. The van der Waals surface area contributed by atoms with Gasteiger partial charge in [-0.15, -0.1) is 0 Å². The normalized spacial score (nSPS) is 7.67. The SMILES string of the molecule is CC(=O)C(C)=S. The third-order valence-electron chi connectivity index (χ3n) is 0.496. The molecule has 0 amide bonds. The van der Waals surface area contributed by atoms with Crippen LogP contribution in [0.3, 0.4) is 0 Å². The number of hydrogen-bond acceptors (Lipinski definition) is 2. The van der Waals surface area contributed by atoms with Crippen molar-refractivity contribution in [3.63, 3.8) is 0 Å². The number of thiocarbonyl (C=S) groups is 1. The summed E-state index contributed by atoms with van der Waals surface area (Å²) in [6, 6.07) is 0. The van der Waals surface area contributed by atoms with Crippen LogP contribution in [0.1, 0.15) is 13.8 Å². The van der Waals surface area contributed by atoms with Gasteiger partial charge in [-0.3, -0.25) is 4.79 Å². The van der Waals surface area contributed by atoms with Gasteiger partial charge >= 0.3 is 0 Å². The van der Waals surface area contributed by atoms with Crippen LogP contribution in [0.4, 0.5) is 0 Å². The van der Waals surface area contributed by atoms with Crippen molar-refractivity contribution >= 4 is 22.9 Å². The van der Waals surface area contributed by atoms with Crippen LogP contribution in [0.5, 0.6) is 0 Å². The number of rotatable bonds is 1. The summed E-state index contributed by atoms with van der Waals surface area (Å²) in [6.07, 6.45) is 0. The Labute approximate surface area is 42.4 Å². The van der Waals surface area contributed by atoms with E-state index in [9.17, 15) is 4.79 Å². The molecule has 0 fully saturated rings. The lowest BCUT2D eigenvalue weighted by atomic mass is 10.4. The standard InChI is InChI=1S/C4H6OS/c1-3(5)4(2)6/h1-2H3. The van der Waals surface area contributed by atoms with E-state index in [0.29, 0.717) is 4.86 Å². The average Bonchev–Trinajstić information content (AvgIpc) is 1.36. The zero-order chi connectivity index (χ0) is 5.15. The molecular weight excluding hydrogens is 96.1 g/mol. The molecule has 0 saturated carbocycles. The van der Waals surface area contributed by atoms with E-state index in [0.717, 1.165) is 0 Å². The molecule has 2 heteroatoms. The second-order valence-corrected chi connectivity index (χ2v) is 1.72. The molecule has 0 aromatic rings. The molecule has 0 aliphatic heterocycles. The number of carbonyl (C=O) groups is 1. The summed E-state index contributed by atoms with van der Waals surface area (Å²) in [5.41, 5.74) is 0. The van der Waals surface area contributed by atoms with Gasteiger partial charge < -0.3 is 0 Å². The van der Waals surface area contributed by atoms with E-state index in [1.165, 1.54) is 6.92 Å². The molecule has 0 N–H and O–H groups in total. The van der Waals surface area contributed by atoms with Crippen LogP contribution in [0.2, 0.25) is 0 Å². The van der Waals surface area contributed by atoms with E-state index in [1.54, 1.807) is 6.92 Å². The van der Waals surface area contributed by atoms with Gasteiger partial charge in [-0.1, -0.05) is 12.2 Å². The van der Waals surface area contributed by atoms with Crippen molar-refractivity contribution in [1.82, 2.24) is 0 Å². The maximum Gasteiger partial charge on any atom is 0.166 e. The van der Waals surface area contributed by atoms with Gasteiger partial charge in [0, 0.05) is 0 Å². The first-order chi connectivity index (χ1) is 2.64. The lowest BCUT2D eigenvalue weighted by Gasteiger charge is -1.77. The number of ketones is 1. The molecule has 1 nitrogen and oxygen atoms in total. The Kier molecular flexibility index (Phi) is 1.95. The van der Waals surface area contributed by atoms with Gasteiger partial charge in [0.1, 0.15) is 0 Å². The van der Waals surface area contributed by atoms with Crippen molar-refractivity contribution in [3.8, 4) is 0 Å². The Morgan fingerprint density at radius 2 is 1.67 bits per heavy atom. The van der Waals surface area contributed by atoms with Gasteiger partial charge in [0.05, 0.1) is 4.86 Å². The molecule has 0 radical (unpaired) electrons. The summed E-state index contributed by atoms with van der Waals surface area (Å²) in [5, 5.41) is 0. The first-order valence-corrected chi connectivity index (χ1v) is 2.07. The van der Waals surface area contributed by atoms with Gasteiger partial charge in [0.15, 0.2) is 5.78 Å². The average molecular weight is 102 g/mol. The van der Waals surface area contributed by atoms with Crippen molar-refractivity contribution in [2.45, 2.75) is 13.8 Å². The minimum atomic E-state index is -0.00926. The molecule has 0 aliphatic carbocycles. The second-order valence-electron chi connectivity index (χ2n) is 1.11. The van der Waals surface area contributed by atoms with Crippen LogP contribution in [-0.4, -0.2) is 10.6 Å². The molecule has 0 unspecified atom stereocenters. The summed E-state index contributed by atoms with van der Waals surface area (Å²) < 4.78 is 0. The van der Waals surface area contributed by atoms with E-state index < -0.39 is 0 Å². The van der Waals surface area contributed by atoms with Crippen LogP contribution in [-0.2, 0) is 4.79 Å². The third-order valence-corrected chi connectivity index (χ3v) is 0.783. The minimum absolute atomic E-state index is 0.00926. The lowest BCUT2D eigenvalue weighted by Crippen LogP contribution is -1.98. The predicted molar refractivity (Wildman–Crippen MR) is 29.0 cm³/mol. The molecule has 0 bridgehead atoms. The maximum atomic E-state index is 10.0. The Morgan fingerprint density at radius 3 is 1.67 bits per heavy atom. The van der Waals surface area contributed by atoms with E-state index in [1.807, 2.05) is 0 Å². The molecular formula is C4H6OS. The molecule has 34 valence electrons. The van der Waals surface area contributed by atoms with Crippen molar-refractivity contribution in [1.29, 1.82) is 0 Å². The zero-order valence-electron chi connectivity index (χ0n) is 3.82. The topological polar surface area (TPSA) is 17.1 Å². The largest absolute Gasteiger partial charge is 0.294 e. The van der Waals surface area contributed by atoms with Crippen LogP contribution in [0.25, 0.3) is 0 Å². The lowest BCUT2D eigenvalue weighted by molar-refractivity contribution is -0.110. The van der Waals surface area contributed by atoms with Crippen molar-refractivity contribution in [2.24, 2.45) is 0 Å². The minimum Gasteiger partial charge on any atom is -0.294 e. The van der Waals surface area contributed by atoms with E-state index in [2.05, 4.69) is 12.2 Å². The van der Waals surface area contributed by atoms with Crippen LogP contribution >= 0.6 is 12.2 Å². The summed E-state index contributed by atoms with van der Waals surface area (Å²) in [7, 11) is 0. The van der Waals surface area contributed by atoms with E-state index >= 15 is 0 Å². The highest BCUT2D eigenvalue weighted by Gasteiger charge is 1.88. The number of Topliss-reactive ketones (excluding diaryl/α,β-unsaturated/α-hetero) is 1. The first-order valence-electron chi connectivity index (χ1n) is 1.66. The molecule has 0 atom stereocenters. The molecule has 0 spiro atoms. The Morgan fingerprint density at radius 1 is 1.50 bits per heavy atom. The van der Waals surface area contributed by atoms with Crippen molar-refractivity contribution in [3.05, 3.63) is 0 Å². The Bertz CT molecular complexity index is 73.5. The quantitative estimate of drug-likeness (QED) is 0.459. The molecule has 0 rings (SSSR count). The summed E-state index contributed by atoms with van der Waals surface area (Å²) in [6.45, 7) is 3.08. The fraction of sp³-hybridized carbons (Fsp3) is 0.500. The Balaban J connectivity index is 3.57. The van der Waals surface area contributed by atoms with Crippen LogP contribution < -0.4 is 0 Å². The number of hydrogen-bond donors (Lipinski definition) is 0. The molecule has 0 saturated heterocycles. The summed E-state index contributed by atoms with van der Waals surface area (Å²) in [5.74, 6) is -0.00926. The summed E-state index contributed by atoms with van der Waals surface area (Å²) in [4.78, 5) is 10.5. The predicted octanol–water partition coefficient (Wildman–Crippen LogP) is 0.965. The molecule has 6 heavy (non-hydrogen) atoms. The van der Waals surface area contributed by atoms with Gasteiger partial charge in [-0.25, -0.2) is 0 Å². The fourth-order valence-corrected chi connectivity index (χ4v) is 0. The fourth-order valence-electron chi connectivity index (χ4n) is 0. The highest BCUT2D eigenvalue weighted by molar-refractivity contribution is 7.82. The Hall–Kier alpha value is -0.240. The maximum absolute atomic E-state index is 10.0. The highest BCUT2D eigenvalue weighted by Crippen LogP contribution is 1.73. The third kappa shape index (κ3) is 2.03.